The molecule has 1 aliphatic heterocycles. The normalized spacial score (nSPS) is 31.5. The Morgan fingerprint density at radius 3 is 2.73 bits per heavy atom. The first kappa shape index (κ1) is 17.6. The Balaban J connectivity index is 1.92. The van der Waals surface area contributed by atoms with Crippen LogP contribution in [0.3, 0.4) is 0 Å². The van der Waals surface area contributed by atoms with E-state index >= 15 is 0 Å². The molecule has 3 atom stereocenters. The monoisotopic (exact) mass is 321 g/mol. The first-order valence-corrected chi connectivity index (χ1v) is 7.83. The number of likely N-dealkylation sites (tertiary alicyclic amines) is 1. The zero-order valence-electron chi connectivity index (χ0n) is 13.0. The van der Waals surface area contributed by atoms with Crippen LogP contribution in [0.5, 0.6) is 0 Å². The van der Waals surface area contributed by atoms with Gasteiger partial charge in [0, 0.05) is 51.5 Å². The maximum atomic E-state index is 13.3. The van der Waals surface area contributed by atoms with Gasteiger partial charge in [0.15, 0.2) is 0 Å². The molecule has 0 radical (unpaired) electrons. The zero-order chi connectivity index (χ0) is 16.2. The number of methoxy groups -OCH3 is 1. The minimum atomic E-state index is -2.72. The van der Waals surface area contributed by atoms with Crippen LogP contribution < -0.4 is 0 Å². The topological polar surface area (TPSA) is 59.0 Å². The van der Waals surface area contributed by atoms with Crippen molar-refractivity contribution >= 4 is 5.91 Å². The third-order valence-electron chi connectivity index (χ3n) is 4.46. The highest BCUT2D eigenvalue weighted by atomic mass is 19.3. The van der Waals surface area contributed by atoms with Gasteiger partial charge in [-0.2, -0.15) is 0 Å². The first-order chi connectivity index (χ1) is 10.4. The zero-order valence-corrected chi connectivity index (χ0v) is 13.0. The van der Waals surface area contributed by atoms with Crippen molar-refractivity contribution in [2.24, 2.45) is 11.8 Å². The van der Waals surface area contributed by atoms with Crippen LogP contribution in [0.25, 0.3) is 0 Å². The molecule has 2 aliphatic rings. The quantitative estimate of drug-likeness (QED) is 0.749. The minimum absolute atomic E-state index is 0.0330. The summed E-state index contributed by atoms with van der Waals surface area (Å²) in [5.74, 6) is -3.61. The van der Waals surface area contributed by atoms with E-state index < -0.39 is 11.8 Å². The SMILES string of the molecule is COCCOC1CC(CO)CN(C(=O)C2CCC(F)(F)C2)C1. The van der Waals surface area contributed by atoms with Gasteiger partial charge in [0.05, 0.1) is 19.3 Å². The Kier molecular flexibility index (Phi) is 6.11. The number of hydrogen-bond donors (Lipinski definition) is 1. The van der Waals surface area contributed by atoms with E-state index in [1.54, 1.807) is 12.0 Å². The van der Waals surface area contributed by atoms with Crippen molar-refractivity contribution in [1.82, 2.24) is 4.90 Å². The molecular formula is C15H25F2NO4. The van der Waals surface area contributed by atoms with E-state index in [1.807, 2.05) is 0 Å². The third-order valence-corrected chi connectivity index (χ3v) is 4.46. The summed E-state index contributed by atoms with van der Waals surface area (Å²) in [6.45, 7) is 1.67. The summed E-state index contributed by atoms with van der Waals surface area (Å²) in [6, 6.07) is 0. The highest BCUT2D eigenvalue weighted by Gasteiger charge is 2.44. The Labute approximate surface area is 129 Å². The molecule has 1 aliphatic carbocycles. The van der Waals surface area contributed by atoms with Gasteiger partial charge >= 0.3 is 0 Å². The maximum Gasteiger partial charge on any atom is 0.248 e. The van der Waals surface area contributed by atoms with Crippen LogP contribution in [0, 0.1) is 11.8 Å². The number of aliphatic hydroxyl groups excluding tert-OH is 1. The number of carbonyl (C=O) groups is 1. The number of rotatable bonds is 6. The molecule has 1 heterocycles. The lowest BCUT2D eigenvalue weighted by Crippen LogP contribution is -2.49. The number of nitrogens with zero attached hydrogens (tertiary/aromatic N) is 1. The molecule has 0 aromatic carbocycles. The lowest BCUT2D eigenvalue weighted by atomic mass is 9.94. The van der Waals surface area contributed by atoms with E-state index in [0.29, 0.717) is 32.7 Å². The molecule has 1 saturated carbocycles. The summed E-state index contributed by atoms with van der Waals surface area (Å²) in [6.07, 6.45) is 0.161. The molecule has 7 heteroatoms. The second-order valence-corrected chi connectivity index (χ2v) is 6.31. The van der Waals surface area contributed by atoms with Crippen LogP contribution in [0.2, 0.25) is 0 Å². The van der Waals surface area contributed by atoms with Gasteiger partial charge < -0.3 is 19.5 Å². The number of ether oxygens (including phenoxy) is 2. The number of amides is 1. The van der Waals surface area contributed by atoms with Crippen LogP contribution in [0.15, 0.2) is 0 Å². The largest absolute Gasteiger partial charge is 0.396 e. The number of alkyl halides is 2. The summed E-state index contributed by atoms with van der Waals surface area (Å²) in [5.41, 5.74) is 0. The van der Waals surface area contributed by atoms with Gasteiger partial charge in [-0.3, -0.25) is 4.79 Å². The van der Waals surface area contributed by atoms with Crippen LogP contribution in [-0.2, 0) is 14.3 Å². The molecule has 128 valence electrons. The summed E-state index contributed by atoms with van der Waals surface area (Å²) in [4.78, 5) is 14.0. The molecule has 0 aromatic rings. The van der Waals surface area contributed by atoms with E-state index in [4.69, 9.17) is 9.47 Å². The lowest BCUT2D eigenvalue weighted by Gasteiger charge is -2.38. The highest BCUT2D eigenvalue weighted by Crippen LogP contribution is 2.40. The highest BCUT2D eigenvalue weighted by molar-refractivity contribution is 5.79. The molecule has 5 nitrogen and oxygen atoms in total. The molecule has 2 fully saturated rings. The van der Waals surface area contributed by atoms with E-state index in [0.717, 1.165) is 0 Å². The summed E-state index contributed by atoms with van der Waals surface area (Å²) in [5, 5.41) is 9.39. The number of halogens is 2. The molecule has 1 saturated heterocycles. The van der Waals surface area contributed by atoms with Crippen LogP contribution in [0.4, 0.5) is 8.78 Å². The molecule has 1 N–H and O–H groups in total. The second-order valence-electron chi connectivity index (χ2n) is 6.31. The summed E-state index contributed by atoms with van der Waals surface area (Å²) in [7, 11) is 1.58. The molecule has 0 bridgehead atoms. The summed E-state index contributed by atoms with van der Waals surface area (Å²) < 4.78 is 37.2. The average Bonchev–Trinajstić information content (AvgIpc) is 2.86. The number of hydrogen-bond acceptors (Lipinski definition) is 4. The standard InChI is InChI=1S/C15H25F2NO4/c1-21-4-5-22-13-6-11(10-19)8-18(9-13)14(20)12-2-3-15(16,17)7-12/h11-13,19H,2-10H2,1H3. The van der Waals surface area contributed by atoms with Crippen LogP contribution in [-0.4, -0.2) is 68.0 Å². The van der Waals surface area contributed by atoms with Crippen LogP contribution in [0.1, 0.15) is 25.7 Å². The molecule has 0 spiro atoms. The number of aliphatic hydroxyl groups is 1. The summed E-state index contributed by atoms with van der Waals surface area (Å²) >= 11 is 0. The van der Waals surface area contributed by atoms with Crippen molar-refractivity contribution in [3.8, 4) is 0 Å². The smallest absolute Gasteiger partial charge is 0.248 e. The van der Waals surface area contributed by atoms with Gasteiger partial charge in [0.1, 0.15) is 0 Å². The third kappa shape index (κ3) is 4.60. The van der Waals surface area contributed by atoms with Crippen molar-refractivity contribution in [2.75, 3.05) is 40.0 Å². The van der Waals surface area contributed by atoms with Gasteiger partial charge in [-0.15, -0.1) is 0 Å². The minimum Gasteiger partial charge on any atom is -0.396 e. The first-order valence-electron chi connectivity index (χ1n) is 7.83. The predicted octanol–water partition coefficient (Wildman–Crippen LogP) is 1.29. The molecule has 3 unspecified atom stereocenters. The molecule has 22 heavy (non-hydrogen) atoms. The van der Waals surface area contributed by atoms with Gasteiger partial charge in [0.25, 0.3) is 0 Å². The molecule has 2 rings (SSSR count). The Bertz CT molecular complexity index is 381. The van der Waals surface area contributed by atoms with Crippen LogP contribution >= 0.6 is 0 Å². The van der Waals surface area contributed by atoms with Crippen molar-refractivity contribution in [1.29, 1.82) is 0 Å². The fraction of sp³-hybridized carbons (Fsp3) is 0.933. The van der Waals surface area contributed by atoms with Gasteiger partial charge in [-0.25, -0.2) is 8.78 Å². The lowest BCUT2D eigenvalue weighted by molar-refractivity contribution is -0.143. The second kappa shape index (κ2) is 7.66. The molecule has 0 aromatic heterocycles. The Morgan fingerprint density at radius 1 is 1.36 bits per heavy atom. The van der Waals surface area contributed by atoms with Crippen molar-refractivity contribution in [3.63, 3.8) is 0 Å². The van der Waals surface area contributed by atoms with E-state index in [-0.39, 0.29) is 43.8 Å². The van der Waals surface area contributed by atoms with Crippen molar-refractivity contribution in [2.45, 2.75) is 37.7 Å². The van der Waals surface area contributed by atoms with Crippen molar-refractivity contribution < 1.29 is 28.2 Å². The number of piperidine rings is 1. The number of carbonyl (C=O) groups excluding carboxylic acids is 1. The van der Waals surface area contributed by atoms with Gasteiger partial charge in [0.2, 0.25) is 11.8 Å². The Morgan fingerprint density at radius 2 is 2.14 bits per heavy atom. The average molecular weight is 321 g/mol. The Hall–Kier alpha value is -0.790. The van der Waals surface area contributed by atoms with Gasteiger partial charge in [-0.1, -0.05) is 0 Å². The molecule has 1 amide bonds. The van der Waals surface area contributed by atoms with E-state index in [2.05, 4.69) is 0 Å². The fourth-order valence-corrected chi connectivity index (χ4v) is 3.30. The van der Waals surface area contributed by atoms with E-state index in [9.17, 15) is 18.7 Å². The fourth-order valence-electron chi connectivity index (χ4n) is 3.30. The van der Waals surface area contributed by atoms with E-state index in [1.165, 1.54) is 0 Å². The maximum absolute atomic E-state index is 13.3. The van der Waals surface area contributed by atoms with Crippen molar-refractivity contribution in [3.05, 3.63) is 0 Å². The molecular weight excluding hydrogens is 296 g/mol. The van der Waals surface area contributed by atoms with Gasteiger partial charge in [-0.05, 0) is 12.8 Å². The predicted molar refractivity (Wildman–Crippen MR) is 75.7 cm³/mol.